The lowest BCUT2D eigenvalue weighted by Crippen LogP contribution is -2.41. The van der Waals surface area contributed by atoms with Crippen LogP contribution in [-0.2, 0) is 9.53 Å². The van der Waals surface area contributed by atoms with Gasteiger partial charge in [0.1, 0.15) is 0 Å². The van der Waals surface area contributed by atoms with Crippen LogP contribution in [0.5, 0.6) is 0 Å². The molecule has 1 atom stereocenters. The van der Waals surface area contributed by atoms with E-state index in [1.807, 2.05) is 41.5 Å². The normalized spacial score (nSPS) is 16.6. The van der Waals surface area contributed by atoms with E-state index in [0.29, 0.717) is 12.5 Å². The van der Waals surface area contributed by atoms with Crippen molar-refractivity contribution in [1.82, 2.24) is 10.2 Å². The van der Waals surface area contributed by atoms with Crippen LogP contribution in [0.4, 0.5) is 0 Å². The van der Waals surface area contributed by atoms with Gasteiger partial charge in [-0.2, -0.15) is 0 Å². The second kappa shape index (κ2) is 23.7. The zero-order chi connectivity index (χ0) is 18.5. The smallest absolute Gasteiger partial charge is 0.219 e. The van der Waals surface area contributed by atoms with Gasteiger partial charge in [0.25, 0.3) is 0 Å². The second-order valence-corrected chi connectivity index (χ2v) is 4.82. The summed E-state index contributed by atoms with van der Waals surface area (Å²) in [5.41, 5.74) is 0. The molecular formula is C19H44N2O2. The van der Waals surface area contributed by atoms with Crippen LogP contribution in [0.25, 0.3) is 0 Å². The van der Waals surface area contributed by atoms with E-state index in [-0.39, 0.29) is 5.91 Å². The molecule has 23 heavy (non-hydrogen) atoms. The van der Waals surface area contributed by atoms with Gasteiger partial charge in [-0.1, -0.05) is 54.4 Å². The molecule has 142 valence electrons. The van der Waals surface area contributed by atoms with Crippen molar-refractivity contribution in [1.29, 1.82) is 0 Å². The summed E-state index contributed by atoms with van der Waals surface area (Å²) in [7, 11) is 1.70. The fourth-order valence-electron chi connectivity index (χ4n) is 2.19. The first kappa shape index (κ1) is 27.2. The van der Waals surface area contributed by atoms with Gasteiger partial charge in [-0.05, 0) is 26.3 Å². The molecule has 0 aromatic rings. The number of rotatable bonds is 7. The molecule has 1 N–H and O–H groups in total. The molecule has 0 aromatic heterocycles. The topological polar surface area (TPSA) is 41.6 Å². The second-order valence-electron chi connectivity index (χ2n) is 4.82. The molecule has 4 nitrogen and oxygen atoms in total. The zero-order valence-electron chi connectivity index (χ0n) is 17.2. The van der Waals surface area contributed by atoms with Crippen LogP contribution in [-0.4, -0.2) is 50.2 Å². The molecule has 1 aliphatic heterocycles. The van der Waals surface area contributed by atoms with Gasteiger partial charge in [0, 0.05) is 26.6 Å². The van der Waals surface area contributed by atoms with Gasteiger partial charge >= 0.3 is 0 Å². The van der Waals surface area contributed by atoms with E-state index < -0.39 is 0 Å². The van der Waals surface area contributed by atoms with Crippen LogP contribution < -0.4 is 5.32 Å². The van der Waals surface area contributed by atoms with Gasteiger partial charge in [-0.25, -0.2) is 0 Å². The molecular weight excluding hydrogens is 288 g/mol. The Morgan fingerprint density at radius 2 is 1.61 bits per heavy atom. The summed E-state index contributed by atoms with van der Waals surface area (Å²) in [5, 5.41) is 2.65. The molecule has 1 unspecified atom stereocenters. The number of morpholine rings is 1. The summed E-state index contributed by atoms with van der Waals surface area (Å²) >= 11 is 0. The third kappa shape index (κ3) is 19.3. The minimum absolute atomic E-state index is 0.159. The summed E-state index contributed by atoms with van der Waals surface area (Å²) in [6.07, 6.45) is 5.69. The van der Waals surface area contributed by atoms with Crippen molar-refractivity contribution in [3.63, 3.8) is 0 Å². The van der Waals surface area contributed by atoms with Crippen LogP contribution in [0, 0.1) is 0 Å². The van der Waals surface area contributed by atoms with E-state index >= 15 is 0 Å². The van der Waals surface area contributed by atoms with E-state index in [2.05, 4.69) is 17.1 Å². The zero-order valence-corrected chi connectivity index (χ0v) is 17.2. The number of hydrogen-bond donors (Lipinski definition) is 1. The number of nitrogens with one attached hydrogen (secondary N) is 1. The van der Waals surface area contributed by atoms with Crippen molar-refractivity contribution >= 4 is 5.91 Å². The van der Waals surface area contributed by atoms with Crippen molar-refractivity contribution in [2.45, 2.75) is 86.7 Å². The molecule has 1 aliphatic rings. The van der Waals surface area contributed by atoms with E-state index in [9.17, 15) is 4.79 Å². The summed E-state index contributed by atoms with van der Waals surface area (Å²) < 4.78 is 5.51. The van der Waals surface area contributed by atoms with E-state index in [0.717, 1.165) is 32.5 Å². The summed E-state index contributed by atoms with van der Waals surface area (Å²) in [4.78, 5) is 13.5. The fourth-order valence-corrected chi connectivity index (χ4v) is 2.19. The molecule has 0 radical (unpaired) electrons. The van der Waals surface area contributed by atoms with E-state index in [1.165, 1.54) is 19.4 Å². The maximum atomic E-state index is 11.0. The Bertz CT molecular complexity index is 223. The highest BCUT2D eigenvalue weighted by Crippen LogP contribution is 2.08. The van der Waals surface area contributed by atoms with Crippen LogP contribution in [0.1, 0.15) is 80.6 Å². The van der Waals surface area contributed by atoms with Crippen molar-refractivity contribution in [3.05, 3.63) is 0 Å². The van der Waals surface area contributed by atoms with Gasteiger partial charge in [-0.15, -0.1) is 0 Å². The lowest BCUT2D eigenvalue weighted by atomic mass is 10.1. The Hall–Kier alpha value is -0.610. The number of hydrogen-bond acceptors (Lipinski definition) is 3. The van der Waals surface area contributed by atoms with Crippen molar-refractivity contribution in [2.75, 3.05) is 33.3 Å². The minimum Gasteiger partial charge on any atom is -0.376 e. The maximum Gasteiger partial charge on any atom is 0.219 e. The van der Waals surface area contributed by atoms with E-state index in [4.69, 9.17) is 4.74 Å². The first-order chi connectivity index (χ1) is 11.2. The molecule has 0 aromatic carbocycles. The molecule has 1 saturated heterocycles. The molecule has 0 spiro atoms. The van der Waals surface area contributed by atoms with Gasteiger partial charge in [0.15, 0.2) is 0 Å². The SMILES string of the molecule is CC.CC.CC.CNC(=O)CCCCCCN1CCOC(C)C1. The number of ether oxygens (including phenoxy) is 1. The fraction of sp³-hybridized carbons (Fsp3) is 0.947. The Morgan fingerprint density at radius 3 is 2.13 bits per heavy atom. The predicted molar refractivity (Wildman–Crippen MR) is 103 cm³/mol. The quantitative estimate of drug-likeness (QED) is 0.699. The Labute approximate surface area is 146 Å². The molecule has 0 saturated carbocycles. The van der Waals surface area contributed by atoms with Gasteiger partial charge < -0.3 is 10.1 Å². The summed E-state index contributed by atoms with van der Waals surface area (Å²) in [6.45, 7) is 18.3. The number of amides is 1. The minimum atomic E-state index is 0.159. The molecule has 0 aliphatic carbocycles. The van der Waals surface area contributed by atoms with Crippen molar-refractivity contribution < 1.29 is 9.53 Å². The predicted octanol–water partition coefficient (Wildman–Crippen LogP) is 4.48. The Morgan fingerprint density at radius 1 is 1.04 bits per heavy atom. The van der Waals surface area contributed by atoms with Gasteiger partial charge in [0.2, 0.25) is 5.91 Å². The van der Waals surface area contributed by atoms with E-state index in [1.54, 1.807) is 7.05 Å². The largest absolute Gasteiger partial charge is 0.376 e. The molecule has 4 heteroatoms. The first-order valence-corrected chi connectivity index (χ1v) is 9.77. The molecule has 1 fully saturated rings. The lowest BCUT2D eigenvalue weighted by molar-refractivity contribution is -0.120. The monoisotopic (exact) mass is 332 g/mol. The van der Waals surface area contributed by atoms with Crippen LogP contribution in [0.15, 0.2) is 0 Å². The average molecular weight is 333 g/mol. The standard InChI is InChI=1S/C13H26N2O2.3C2H6/c1-12-11-15(9-10-17-12)8-6-4-3-5-7-13(16)14-2;3*1-2/h12H,3-11H2,1-2H3,(H,14,16);3*1-2H3. The first-order valence-electron chi connectivity index (χ1n) is 9.77. The number of carbonyl (C=O) groups excluding carboxylic acids is 1. The molecule has 1 amide bonds. The third-order valence-electron chi connectivity index (χ3n) is 3.23. The Kier molecular flexibility index (Phi) is 28.0. The van der Waals surface area contributed by atoms with Crippen molar-refractivity contribution in [3.8, 4) is 0 Å². The van der Waals surface area contributed by atoms with Crippen LogP contribution in [0.2, 0.25) is 0 Å². The average Bonchev–Trinajstić information content (AvgIpc) is 2.63. The number of unbranched alkanes of at least 4 members (excludes halogenated alkanes) is 3. The number of carbonyl (C=O) groups is 1. The van der Waals surface area contributed by atoms with Crippen LogP contribution >= 0.6 is 0 Å². The highest BCUT2D eigenvalue weighted by atomic mass is 16.5. The highest BCUT2D eigenvalue weighted by molar-refractivity contribution is 5.75. The molecule has 0 bridgehead atoms. The molecule has 1 rings (SSSR count). The van der Waals surface area contributed by atoms with Crippen LogP contribution in [0.3, 0.4) is 0 Å². The highest BCUT2D eigenvalue weighted by Gasteiger charge is 2.15. The molecule has 1 heterocycles. The van der Waals surface area contributed by atoms with Crippen molar-refractivity contribution in [2.24, 2.45) is 0 Å². The Balaban J connectivity index is -0.000000595. The summed E-state index contributed by atoms with van der Waals surface area (Å²) in [6, 6.07) is 0. The lowest BCUT2D eigenvalue weighted by Gasteiger charge is -2.30. The number of nitrogens with zero attached hydrogens (tertiary/aromatic N) is 1. The maximum absolute atomic E-state index is 11.0. The summed E-state index contributed by atoms with van der Waals surface area (Å²) in [5.74, 6) is 0.159. The van der Waals surface area contributed by atoms with Gasteiger partial charge in [0.05, 0.1) is 12.7 Å². The third-order valence-corrected chi connectivity index (χ3v) is 3.23. The van der Waals surface area contributed by atoms with Gasteiger partial charge in [-0.3, -0.25) is 9.69 Å².